The molecule has 0 saturated carbocycles. The zero-order valence-electron chi connectivity index (χ0n) is 12.1. The fourth-order valence-electron chi connectivity index (χ4n) is 1.97. The van der Waals surface area contributed by atoms with E-state index in [2.05, 4.69) is 24.4 Å². The fourth-order valence-corrected chi connectivity index (χ4v) is 2.26. The quantitative estimate of drug-likeness (QED) is 0.874. The Kier molecular flexibility index (Phi) is 5.05. The summed E-state index contributed by atoms with van der Waals surface area (Å²) in [5.74, 6) is 0.862. The van der Waals surface area contributed by atoms with Crippen LogP contribution < -0.4 is 10.1 Å². The van der Waals surface area contributed by atoms with Crippen molar-refractivity contribution in [2.45, 2.75) is 26.5 Å². The highest BCUT2D eigenvalue weighted by atomic mass is 35.5. The molecule has 3 heteroatoms. The third-order valence-corrected chi connectivity index (χ3v) is 3.75. The van der Waals surface area contributed by atoms with E-state index in [0.717, 1.165) is 21.9 Å². The van der Waals surface area contributed by atoms with Crippen LogP contribution in [0.2, 0.25) is 5.02 Å². The molecule has 106 valence electrons. The molecule has 2 rings (SSSR count). The van der Waals surface area contributed by atoms with Crippen molar-refractivity contribution in [2.75, 3.05) is 7.05 Å². The Morgan fingerprint density at radius 3 is 2.70 bits per heavy atom. The van der Waals surface area contributed by atoms with E-state index < -0.39 is 0 Å². The van der Waals surface area contributed by atoms with Crippen molar-refractivity contribution in [3.05, 3.63) is 64.2 Å². The Morgan fingerprint density at radius 2 is 2.00 bits per heavy atom. The lowest BCUT2D eigenvalue weighted by Crippen LogP contribution is -2.12. The first kappa shape index (κ1) is 14.9. The van der Waals surface area contributed by atoms with Crippen molar-refractivity contribution in [2.24, 2.45) is 0 Å². The summed E-state index contributed by atoms with van der Waals surface area (Å²) in [5, 5.41) is 3.98. The van der Waals surface area contributed by atoms with Gasteiger partial charge in [0, 0.05) is 16.6 Å². The molecule has 20 heavy (non-hydrogen) atoms. The van der Waals surface area contributed by atoms with Crippen molar-refractivity contribution in [3.8, 4) is 5.75 Å². The van der Waals surface area contributed by atoms with Crippen LogP contribution in [0.5, 0.6) is 5.75 Å². The lowest BCUT2D eigenvalue weighted by molar-refractivity contribution is 0.305. The molecule has 0 heterocycles. The van der Waals surface area contributed by atoms with Crippen LogP contribution in [-0.2, 0) is 6.61 Å². The molecule has 0 bridgehead atoms. The molecule has 1 atom stereocenters. The van der Waals surface area contributed by atoms with Crippen molar-refractivity contribution < 1.29 is 4.74 Å². The van der Waals surface area contributed by atoms with E-state index in [1.54, 1.807) is 0 Å². The summed E-state index contributed by atoms with van der Waals surface area (Å²) in [5.41, 5.74) is 3.37. The van der Waals surface area contributed by atoms with Gasteiger partial charge in [0.1, 0.15) is 12.4 Å². The van der Waals surface area contributed by atoms with E-state index in [1.807, 2.05) is 44.3 Å². The Balaban J connectivity index is 2.07. The number of nitrogens with one attached hydrogen (secondary N) is 1. The second kappa shape index (κ2) is 6.78. The topological polar surface area (TPSA) is 21.3 Å². The van der Waals surface area contributed by atoms with E-state index in [-0.39, 0.29) is 0 Å². The van der Waals surface area contributed by atoms with Crippen LogP contribution in [0.1, 0.15) is 29.7 Å². The average molecular weight is 290 g/mol. The molecule has 1 unspecified atom stereocenters. The van der Waals surface area contributed by atoms with Gasteiger partial charge < -0.3 is 10.1 Å². The van der Waals surface area contributed by atoms with E-state index >= 15 is 0 Å². The first-order chi connectivity index (χ1) is 9.60. The molecular weight excluding hydrogens is 270 g/mol. The van der Waals surface area contributed by atoms with Crippen LogP contribution in [0.3, 0.4) is 0 Å². The first-order valence-electron chi connectivity index (χ1n) is 6.75. The normalized spacial score (nSPS) is 12.2. The van der Waals surface area contributed by atoms with Gasteiger partial charge in [-0.15, -0.1) is 0 Å². The highest BCUT2D eigenvalue weighted by Crippen LogP contribution is 2.22. The minimum absolute atomic E-state index is 0.307. The maximum absolute atomic E-state index is 6.21. The minimum Gasteiger partial charge on any atom is -0.489 e. The standard InChI is InChI=1S/C17H20ClNO/c1-12-7-8-15(17(18)9-12)11-20-16-6-4-5-14(10-16)13(2)19-3/h4-10,13,19H,11H2,1-3H3. The summed E-state index contributed by atoms with van der Waals surface area (Å²) in [7, 11) is 1.95. The van der Waals surface area contributed by atoms with Crippen LogP contribution in [0.4, 0.5) is 0 Å². The van der Waals surface area contributed by atoms with Gasteiger partial charge in [-0.2, -0.15) is 0 Å². The highest BCUT2D eigenvalue weighted by molar-refractivity contribution is 6.31. The van der Waals surface area contributed by atoms with Gasteiger partial charge in [0.2, 0.25) is 0 Å². The number of rotatable bonds is 5. The van der Waals surface area contributed by atoms with Crippen molar-refractivity contribution in [1.29, 1.82) is 0 Å². The third kappa shape index (κ3) is 3.75. The molecule has 2 aromatic rings. The van der Waals surface area contributed by atoms with Crippen molar-refractivity contribution in [1.82, 2.24) is 5.32 Å². The Bertz CT molecular complexity index is 583. The molecule has 0 saturated heterocycles. The molecular formula is C17H20ClNO. The van der Waals surface area contributed by atoms with Gasteiger partial charge in [-0.05, 0) is 50.2 Å². The lowest BCUT2D eigenvalue weighted by atomic mass is 10.1. The minimum atomic E-state index is 0.307. The first-order valence-corrected chi connectivity index (χ1v) is 7.13. The van der Waals surface area contributed by atoms with Gasteiger partial charge in [-0.25, -0.2) is 0 Å². The monoisotopic (exact) mass is 289 g/mol. The molecule has 0 radical (unpaired) electrons. The third-order valence-electron chi connectivity index (χ3n) is 3.39. The van der Waals surface area contributed by atoms with Crippen molar-refractivity contribution >= 4 is 11.6 Å². The number of hydrogen-bond donors (Lipinski definition) is 1. The molecule has 0 aliphatic heterocycles. The van der Waals surface area contributed by atoms with Crippen molar-refractivity contribution in [3.63, 3.8) is 0 Å². The summed E-state index contributed by atoms with van der Waals surface area (Å²) in [6.07, 6.45) is 0. The zero-order chi connectivity index (χ0) is 14.5. The number of benzene rings is 2. The zero-order valence-corrected chi connectivity index (χ0v) is 12.9. The summed E-state index contributed by atoms with van der Waals surface area (Å²) < 4.78 is 5.84. The Morgan fingerprint density at radius 1 is 1.20 bits per heavy atom. The van der Waals surface area contributed by atoms with Gasteiger partial charge >= 0.3 is 0 Å². The number of halogens is 1. The van der Waals surface area contributed by atoms with E-state index in [9.17, 15) is 0 Å². The fraction of sp³-hybridized carbons (Fsp3) is 0.294. The lowest BCUT2D eigenvalue weighted by Gasteiger charge is -2.13. The number of ether oxygens (including phenoxy) is 1. The summed E-state index contributed by atoms with van der Waals surface area (Å²) in [6, 6.07) is 14.4. The van der Waals surface area contributed by atoms with Crippen LogP contribution in [0.25, 0.3) is 0 Å². The van der Waals surface area contributed by atoms with Gasteiger partial charge in [0.25, 0.3) is 0 Å². The predicted octanol–water partition coefficient (Wildman–Crippen LogP) is 4.51. The molecule has 2 nitrogen and oxygen atoms in total. The largest absolute Gasteiger partial charge is 0.489 e. The smallest absolute Gasteiger partial charge is 0.120 e. The van der Waals surface area contributed by atoms with Crippen LogP contribution in [-0.4, -0.2) is 7.05 Å². The SMILES string of the molecule is CNC(C)c1cccc(OCc2ccc(C)cc2Cl)c1. The van der Waals surface area contributed by atoms with E-state index in [0.29, 0.717) is 12.6 Å². The van der Waals surface area contributed by atoms with E-state index in [1.165, 1.54) is 5.56 Å². The van der Waals surface area contributed by atoms with E-state index in [4.69, 9.17) is 16.3 Å². The maximum Gasteiger partial charge on any atom is 0.120 e. The molecule has 0 spiro atoms. The maximum atomic E-state index is 6.21. The second-order valence-electron chi connectivity index (χ2n) is 4.97. The summed E-state index contributed by atoms with van der Waals surface area (Å²) in [6.45, 7) is 4.63. The molecule has 0 aliphatic carbocycles. The summed E-state index contributed by atoms with van der Waals surface area (Å²) in [4.78, 5) is 0. The van der Waals surface area contributed by atoms with Gasteiger partial charge in [-0.3, -0.25) is 0 Å². The Labute approximate surface area is 125 Å². The molecule has 1 N–H and O–H groups in total. The highest BCUT2D eigenvalue weighted by Gasteiger charge is 2.05. The molecule has 0 fully saturated rings. The summed E-state index contributed by atoms with van der Waals surface area (Å²) >= 11 is 6.21. The van der Waals surface area contributed by atoms with Gasteiger partial charge in [-0.1, -0.05) is 35.9 Å². The predicted molar refractivity (Wildman–Crippen MR) is 84.4 cm³/mol. The molecule has 0 aromatic heterocycles. The molecule has 2 aromatic carbocycles. The number of aryl methyl sites for hydroxylation is 1. The molecule has 0 amide bonds. The van der Waals surface area contributed by atoms with Gasteiger partial charge in [0.05, 0.1) is 0 Å². The second-order valence-corrected chi connectivity index (χ2v) is 5.37. The van der Waals surface area contributed by atoms with Crippen LogP contribution in [0, 0.1) is 6.92 Å². The molecule has 0 aliphatic rings. The van der Waals surface area contributed by atoms with Crippen LogP contribution in [0.15, 0.2) is 42.5 Å². The van der Waals surface area contributed by atoms with Crippen LogP contribution >= 0.6 is 11.6 Å². The Hall–Kier alpha value is -1.51. The number of hydrogen-bond acceptors (Lipinski definition) is 2. The average Bonchev–Trinajstić information content (AvgIpc) is 2.46. The van der Waals surface area contributed by atoms with Gasteiger partial charge in [0.15, 0.2) is 0 Å².